The number of non-ortho nitro benzene ring substituents is 1. The fourth-order valence-corrected chi connectivity index (χ4v) is 4.70. The number of rotatable bonds is 5. The van der Waals surface area contributed by atoms with Crippen molar-refractivity contribution in [3.8, 4) is 0 Å². The first-order chi connectivity index (χ1) is 13.5. The van der Waals surface area contributed by atoms with Crippen LogP contribution >= 0.6 is 31.9 Å². The Morgan fingerprint density at radius 1 is 1.25 bits per heavy atom. The summed E-state index contributed by atoms with van der Waals surface area (Å²) in [5, 5.41) is 14.8. The Hall–Kier alpha value is -2.52. The molecule has 142 valence electrons. The lowest BCUT2D eigenvalue weighted by Gasteiger charge is -2.14. The molecule has 0 atom stereocenters. The van der Waals surface area contributed by atoms with Crippen LogP contribution < -0.4 is 5.32 Å². The van der Waals surface area contributed by atoms with Crippen LogP contribution in [0, 0.1) is 10.1 Å². The van der Waals surface area contributed by atoms with Gasteiger partial charge in [0.1, 0.15) is 11.8 Å². The molecule has 0 aliphatic carbocycles. The van der Waals surface area contributed by atoms with Gasteiger partial charge in [0.15, 0.2) is 11.3 Å². The standard InChI is InChI=1S/C19H15Br2N5O2/c1-2-4-11-7-12(20)17(13(21)8-11)24-19-16-9-22-10-25(16)18-14(23-19)5-3-6-15(18)26(27)28/h3,5-10H,2,4H2,1H3,(H,23,24). The van der Waals surface area contributed by atoms with Crippen molar-refractivity contribution < 1.29 is 4.92 Å². The van der Waals surface area contributed by atoms with E-state index in [2.05, 4.69) is 66.2 Å². The molecule has 0 aliphatic heterocycles. The molecule has 0 spiro atoms. The van der Waals surface area contributed by atoms with Gasteiger partial charge in [-0.25, -0.2) is 9.97 Å². The number of halogens is 2. The smallest absolute Gasteiger partial charge is 0.295 e. The van der Waals surface area contributed by atoms with Crippen molar-refractivity contribution in [1.29, 1.82) is 0 Å². The molecule has 1 N–H and O–H groups in total. The highest BCUT2D eigenvalue weighted by molar-refractivity contribution is 9.11. The third-order valence-electron chi connectivity index (χ3n) is 4.43. The summed E-state index contributed by atoms with van der Waals surface area (Å²) in [6.07, 6.45) is 5.25. The Balaban J connectivity index is 1.89. The zero-order chi connectivity index (χ0) is 19.8. The molecule has 9 heteroatoms. The van der Waals surface area contributed by atoms with Crippen LogP contribution in [0.15, 0.2) is 51.8 Å². The maximum Gasteiger partial charge on any atom is 0.295 e. The number of aryl methyl sites for hydroxylation is 1. The van der Waals surface area contributed by atoms with E-state index in [0.29, 0.717) is 22.4 Å². The second-order valence-corrected chi connectivity index (χ2v) is 8.03. The highest BCUT2D eigenvalue weighted by atomic mass is 79.9. The summed E-state index contributed by atoms with van der Waals surface area (Å²) >= 11 is 7.26. The predicted molar refractivity (Wildman–Crippen MR) is 116 cm³/mol. The number of anilines is 2. The molecule has 7 nitrogen and oxygen atoms in total. The Bertz CT molecular complexity index is 1200. The highest BCUT2D eigenvalue weighted by Gasteiger charge is 2.19. The Morgan fingerprint density at radius 3 is 2.68 bits per heavy atom. The van der Waals surface area contributed by atoms with Crippen molar-refractivity contribution >= 4 is 65.6 Å². The highest BCUT2D eigenvalue weighted by Crippen LogP contribution is 2.37. The average Bonchev–Trinajstić information content (AvgIpc) is 3.14. The minimum Gasteiger partial charge on any atom is -0.337 e. The number of imidazole rings is 1. The molecular weight excluding hydrogens is 490 g/mol. The number of nitro groups is 1. The largest absolute Gasteiger partial charge is 0.337 e. The molecule has 28 heavy (non-hydrogen) atoms. The van der Waals surface area contributed by atoms with E-state index in [1.165, 1.54) is 11.6 Å². The van der Waals surface area contributed by atoms with Gasteiger partial charge in [-0.1, -0.05) is 19.4 Å². The van der Waals surface area contributed by atoms with E-state index in [0.717, 1.165) is 27.5 Å². The molecule has 0 saturated heterocycles. The molecule has 2 aromatic carbocycles. The number of nitro benzene ring substituents is 1. The molecule has 0 unspecified atom stereocenters. The van der Waals surface area contributed by atoms with Crippen LogP contribution in [-0.2, 0) is 6.42 Å². The maximum atomic E-state index is 11.4. The topological polar surface area (TPSA) is 85.4 Å². The van der Waals surface area contributed by atoms with Crippen molar-refractivity contribution in [3.63, 3.8) is 0 Å². The van der Waals surface area contributed by atoms with Gasteiger partial charge in [0.25, 0.3) is 5.69 Å². The molecule has 0 fully saturated rings. The number of nitrogens with zero attached hydrogens (tertiary/aromatic N) is 4. The number of nitrogens with one attached hydrogen (secondary N) is 1. The van der Waals surface area contributed by atoms with Gasteiger partial charge < -0.3 is 5.32 Å². The Morgan fingerprint density at radius 2 is 2.00 bits per heavy atom. The number of hydrogen-bond donors (Lipinski definition) is 1. The van der Waals surface area contributed by atoms with Crippen LogP contribution in [-0.4, -0.2) is 19.3 Å². The molecule has 0 amide bonds. The van der Waals surface area contributed by atoms with Gasteiger partial charge in [-0.2, -0.15) is 0 Å². The lowest BCUT2D eigenvalue weighted by Crippen LogP contribution is -2.02. The van der Waals surface area contributed by atoms with Crippen molar-refractivity contribution in [3.05, 3.63) is 67.5 Å². The Labute approximate surface area is 177 Å². The van der Waals surface area contributed by atoms with E-state index < -0.39 is 4.92 Å². The first-order valence-corrected chi connectivity index (χ1v) is 10.2. The number of fused-ring (bicyclic) bond motifs is 3. The van der Waals surface area contributed by atoms with Crippen LogP contribution in [0.1, 0.15) is 18.9 Å². The molecule has 0 bridgehead atoms. The maximum absolute atomic E-state index is 11.4. The van der Waals surface area contributed by atoms with Crippen molar-refractivity contribution in [2.24, 2.45) is 0 Å². The molecule has 0 radical (unpaired) electrons. The molecule has 2 aromatic heterocycles. The number of benzene rings is 2. The van der Waals surface area contributed by atoms with Crippen LogP contribution in [0.25, 0.3) is 16.6 Å². The predicted octanol–water partition coefficient (Wildman–Crippen LogP) is 6.01. The average molecular weight is 505 g/mol. The van der Waals surface area contributed by atoms with Gasteiger partial charge in [0.2, 0.25) is 0 Å². The molecule has 0 saturated carbocycles. The second-order valence-electron chi connectivity index (χ2n) is 6.32. The molecule has 4 rings (SSSR count). The number of hydrogen-bond acceptors (Lipinski definition) is 5. The minimum atomic E-state index is -0.407. The van der Waals surface area contributed by atoms with Gasteiger partial charge in [-0.05, 0) is 62.0 Å². The van der Waals surface area contributed by atoms with Gasteiger partial charge in [0, 0.05) is 15.0 Å². The van der Waals surface area contributed by atoms with Gasteiger partial charge in [0.05, 0.1) is 22.3 Å². The lowest BCUT2D eigenvalue weighted by molar-refractivity contribution is -0.383. The molecule has 0 aliphatic rings. The van der Waals surface area contributed by atoms with Gasteiger partial charge in [-0.15, -0.1) is 0 Å². The fraction of sp³-hybridized carbons (Fsp3) is 0.158. The van der Waals surface area contributed by atoms with Crippen LogP contribution in [0.5, 0.6) is 0 Å². The minimum absolute atomic E-state index is 0.00849. The van der Waals surface area contributed by atoms with E-state index in [1.54, 1.807) is 29.1 Å². The van der Waals surface area contributed by atoms with E-state index in [-0.39, 0.29) is 5.69 Å². The van der Waals surface area contributed by atoms with E-state index >= 15 is 0 Å². The Kier molecular flexibility index (Phi) is 5.03. The zero-order valence-corrected chi connectivity index (χ0v) is 18.0. The third-order valence-corrected chi connectivity index (χ3v) is 5.68. The van der Waals surface area contributed by atoms with Crippen molar-refractivity contribution in [2.75, 3.05) is 5.32 Å². The first kappa shape index (κ1) is 18.8. The first-order valence-electron chi connectivity index (χ1n) is 8.63. The van der Waals surface area contributed by atoms with Gasteiger partial charge >= 0.3 is 0 Å². The van der Waals surface area contributed by atoms with Gasteiger partial charge in [-0.3, -0.25) is 14.5 Å². The summed E-state index contributed by atoms with van der Waals surface area (Å²) in [6, 6.07) is 9.01. The third kappa shape index (κ3) is 3.24. The molecule has 2 heterocycles. The SMILES string of the molecule is CCCc1cc(Br)c(Nc2nc3cccc([N+](=O)[O-])c3n3cncc23)c(Br)c1. The fourth-order valence-electron chi connectivity index (χ4n) is 3.22. The monoisotopic (exact) mass is 503 g/mol. The van der Waals surface area contributed by atoms with E-state index in [9.17, 15) is 10.1 Å². The van der Waals surface area contributed by atoms with Crippen LogP contribution in [0.2, 0.25) is 0 Å². The quantitative estimate of drug-likeness (QED) is 0.265. The van der Waals surface area contributed by atoms with E-state index in [1.807, 2.05) is 0 Å². The normalized spacial score (nSPS) is 11.2. The summed E-state index contributed by atoms with van der Waals surface area (Å²) in [6.45, 7) is 2.14. The summed E-state index contributed by atoms with van der Waals surface area (Å²) in [7, 11) is 0. The van der Waals surface area contributed by atoms with E-state index in [4.69, 9.17) is 0 Å². The summed E-state index contributed by atoms with van der Waals surface area (Å²) < 4.78 is 3.50. The van der Waals surface area contributed by atoms with Crippen LogP contribution in [0.3, 0.4) is 0 Å². The summed E-state index contributed by atoms with van der Waals surface area (Å²) in [5.41, 5.74) is 3.63. The number of para-hydroxylation sites is 1. The zero-order valence-electron chi connectivity index (χ0n) is 14.8. The summed E-state index contributed by atoms with van der Waals surface area (Å²) in [5.74, 6) is 0.565. The molecular formula is C19H15Br2N5O2. The molecule has 4 aromatic rings. The van der Waals surface area contributed by atoms with Crippen molar-refractivity contribution in [1.82, 2.24) is 14.4 Å². The number of aromatic nitrogens is 3. The second kappa shape index (κ2) is 7.48. The van der Waals surface area contributed by atoms with Crippen LogP contribution in [0.4, 0.5) is 17.2 Å². The summed E-state index contributed by atoms with van der Waals surface area (Å²) in [4.78, 5) is 19.9. The lowest BCUT2D eigenvalue weighted by atomic mass is 10.1. The van der Waals surface area contributed by atoms with Crippen molar-refractivity contribution in [2.45, 2.75) is 19.8 Å².